The summed E-state index contributed by atoms with van der Waals surface area (Å²) in [5, 5.41) is 5.75. The van der Waals surface area contributed by atoms with E-state index in [2.05, 4.69) is 25.6 Å². The highest BCUT2D eigenvalue weighted by atomic mass is 16.2. The number of aromatic nitrogens is 3. The molecule has 0 spiro atoms. The smallest absolute Gasteiger partial charge is 0.259 e. The van der Waals surface area contributed by atoms with Crippen LogP contribution in [-0.2, 0) is 4.79 Å². The van der Waals surface area contributed by atoms with Gasteiger partial charge in [0.15, 0.2) is 0 Å². The molecule has 1 aliphatic rings. The van der Waals surface area contributed by atoms with Crippen molar-refractivity contribution < 1.29 is 4.79 Å². The van der Waals surface area contributed by atoms with Crippen LogP contribution in [0, 0.1) is 0 Å². The molecule has 6 nitrogen and oxygen atoms in total. The molecule has 21 heavy (non-hydrogen) atoms. The Morgan fingerprint density at radius 2 is 2.05 bits per heavy atom. The number of anilines is 2. The zero-order valence-electron chi connectivity index (χ0n) is 10.9. The molecule has 0 aliphatic carbocycles. The van der Waals surface area contributed by atoms with Gasteiger partial charge in [-0.15, -0.1) is 0 Å². The summed E-state index contributed by atoms with van der Waals surface area (Å²) in [4.78, 5) is 23.6. The van der Waals surface area contributed by atoms with Crippen molar-refractivity contribution >= 4 is 34.3 Å². The highest BCUT2D eigenvalue weighted by Gasteiger charge is 2.24. The van der Waals surface area contributed by atoms with Crippen molar-refractivity contribution in [3.8, 4) is 0 Å². The lowest BCUT2D eigenvalue weighted by Gasteiger charge is -1.98. The first-order chi connectivity index (χ1) is 10.3. The fourth-order valence-electron chi connectivity index (χ4n) is 2.32. The van der Waals surface area contributed by atoms with Gasteiger partial charge in [-0.1, -0.05) is 12.1 Å². The van der Waals surface area contributed by atoms with Gasteiger partial charge in [0, 0.05) is 18.0 Å². The van der Waals surface area contributed by atoms with Crippen LogP contribution in [0.1, 0.15) is 5.56 Å². The van der Waals surface area contributed by atoms with Crippen molar-refractivity contribution in [3.63, 3.8) is 0 Å². The van der Waals surface area contributed by atoms with Crippen LogP contribution in [0.25, 0.3) is 16.6 Å². The summed E-state index contributed by atoms with van der Waals surface area (Å²) in [5.74, 6) is 1.00. The van der Waals surface area contributed by atoms with Crippen molar-refractivity contribution in [2.75, 3.05) is 10.6 Å². The van der Waals surface area contributed by atoms with Crippen molar-refractivity contribution in [2.24, 2.45) is 0 Å². The fourth-order valence-corrected chi connectivity index (χ4v) is 2.32. The van der Waals surface area contributed by atoms with Gasteiger partial charge in [-0.2, -0.15) is 0 Å². The number of carbonyl (C=O) groups is 1. The number of fused-ring (bicyclic) bond motifs is 2. The van der Waals surface area contributed by atoms with E-state index in [9.17, 15) is 4.79 Å². The zero-order chi connectivity index (χ0) is 14.2. The summed E-state index contributed by atoms with van der Waals surface area (Å²) < 4.78 is 0. The van der Waals surface area contributed by atoms with E-state index in [4.69, 9.17) is 0 Å². The number of aromatic amines is 1. The molecule has 4 rings (SSSR count). The van der Waals surface area contributed by atoms with Gasteiger partial charge >= 0.3 is 0 Å². The Kier molecular flexibility index (Phi) is 2.47. The van der Waals surface area contributed by atoms with Gasteiger partial charge in [0.25, 0.3) is 5.91 Å². The Labute approximate surface area is 119 Å². The number of para-hydroxylation sites is 2. The number of amides is 1. The Morgan fingerprint density at radius 3 is 2.95 bits per heavy atom. The molecule has 3 heterocycles. The van der Waals surface area contributed by atoms with Crippen LogP contribution in [-0.4, -0.2) is 20.9 Å². The third kappa shape index (κ3) is 1.93. The Bertz CT molecular complexity index is 847. The highest BCUT2D eigenvalue weighted by Crippen LogP contribution is 2.29. The summed E-state index contributed by atoms with van der Waals surface area (Å²) in [6.07, 6.45) is 3.29. The Balaban J connectivity index is 1.67. The number of nitrogens with zero attached hydrogens (tertiary/aromatic N) is 2. The lowest BCUT2D eigenvalue weighted by atomic mass is 10.1. The number of imidazole rings is 1. The molecule has 1 aromatic carbocycles. The van der Waals surface area contributed by atoms with Gasteiger partial charge < -0.3 is 15.6 Å². The predicted molar refractivity (Wildman–Crippen MR) is 80.6 cm³/mol. The Hall–Kier alpha value is -3.15. The minimum atomic E-state index is -0.174. The normalized spacial score (nSPS) is 15.2. The quantitative estimate of drug-likeness (QED) is 0.628. The lowest BCUT2D eigenvalue weighted by Crippen LogP contribution is -2.05. The highest BCUT2D eigenvalue weighted by molar-refractivity contribution is 6.31. The van der Waals surface area contributed by atoms with Crippen molar-refractivity contribution in [1.82, 2.24) is 15.0 Å². The fraction of sp³-hybridized carbons (Fsp3) is 0. The average Bonchev–Trinajstić information content (AvgIpc) is 3.04. The van der Waals surface area contributed by atoms with E-state index in [1.807, 2.05) is 30.3 Å². The van der Waals surface area contributed by atoms with Crippen LogP contribution in [0.15, 0.2) is 48.8 Å². The zero-order valence-corrected chi connectivity index (χ0v) is 10.9. The first-order valence-electron chi connectivity index (χ1n) is 6.49. The summed E-state index contributed by atoms with van der Waals surface area (Å²) >= 11 is 0. The lowest BCUT2D eigenvalue weighted by molar-refractivity contribution is -0.110. The standard InChI is InChI=1S/C15H11N5O/c21-14-10(9-4-3-7-16-13(9)20-14)8-17-15-18-11-5-1-2-6-12(11)19-15/h1-8H,(H,16,20,21)(H2,17,18,19). The van der Waals surface area contributed by atoms with Gasteiger partial charge in [-0.25, -0.2) is 9.97 Å². The van der Waals surface area contributed by atoms with Crippen LogP contribution < -0.4 is 10.6 Å². The number of nitrogens with one attached hydrogen (secondary N) is 3. The molecule has 1 aliphatic heterocycles. The van der Waals surface area contributed by atoms with Gasteiger partial charge in [0.1, 0.15) is 5.82 Å². The molecule has 3 N–H and O–H groups in total. The van der Waals surface area contributed by atoms with E-state index in [1.165, 1.54) is 0 Å². The van der Waals surface area contributed by atoms with Crippen LogP contribution in [0.2, 0.25) is 0 Å². The molecule has 6 heteroatoms. The van der Waals surface area contributed by atoms with E-state index < -0.39 is 0 Å². The van der Waals surface area contributed by atoms with Crippen molar-refractivity contribution in [1.29, 1.82) is 0 Å². The van der Waals surface area contributed by atoms with E-state index >= 15 is 0 Å². The number of hydrogen-bond acceptors (Lipinski definition) is 4. The average molecular weight is 277 g/mol. The monoisotopic (exact) mass is 277 g/mol. The van der Waals surface area contributed by atoms with E-state index in [1.54, 1.807) is 18.5 Å². The SMILES string of the molecule is O=C1Nc2ncccc2C1=CNc1nc2ccccc2[nH]1. The summed E-state index contributed by atoms with van der Waals surface area (Å²) in [6, 6.07) is 11.4. The second-order valence-electron chi connectivity index (χ2n) is 4.66. The number of rotatable bonds is 2. The molecular formula is C15H11N5O. The number of H-pyrrole nitrogens is 1. The minimum absolute atomic E-state index is 0.174. The van der Waals surface area contributed by atoms with Crippen molar-refractivity contribution in [3.05, 3.63) is 54.4 Å². The molecule has 0 radical (unpaired) electrons. The minimum Gasteiger partial charge on any atom is -0.332 e. The molecule has 0 unspecified atom stereocenters. The molecule has 0 atom stereocenters. The molecule has 102 valence electrons. The molecule has 3 aromatic rings. The second-order valence-corrected chi connectivity index (χ2v) is 4.66. The maximum absolute atomic E-state index is 11.9. The Morgan fingerprint density at radius 1 is 1.14 bits per heavy atom. The van der Waals surface area contributed by atoms with Crippen LogP contribution in [0.3, 0.4) is 0 Å². The molecule has 1 amide bonds. The molecule has 2 aromatic heterocycles. The topological polar surface area (TPSA) is 82.7 Å². The predicted octanol–water partition coefficient (Wildman–Crippen LogP) is 2.36. The summed E-state index contributed by atoms with van der Waals surface area (Å²) in [5.41, 5.74) is 3.14. The van der Waals surface area contributed by atoms with Crippen LogP contribution >= 0.6 is 0 Å². The molecule has 0 saturated heterocycles. The first-order valence-corrected chi connectivity index (χ1v) is 6.49. The van der Waals surface area contributed by atoms with Crippen LogP contribution in [0.5, 0.6) is 0 Å². The molecule has 0 bridgehead atoms. The molecule has 0 fully saturated rings. The van der Waals surface area contributed by atoms with Gasteiger partial charge in [0.05, 0.1) is 16.6 Å². The van der Waals surface area contributed by atoms with Crippen LogP contribution in [0.4, 0.5) is 11.8 Å². The van der Waals surface area contributed by atoms with Gasteiger partial charge in [0.2, 0.25) is 5.95 Å². The molecular weight excluding hydrogens is 266 g/mol. The first kappa shape index (κ1) is 11.7. The largest absolute Gasteiger partial charge is 0.332 e. The number of carbonyl (C=O) groups excluding carboxylic acids is 1. The van der Waals surface area contributed by atoms with Crippen molar-refractivity contribution in [2.45, 2.75) is 0 Å². The molecule has 0 saturated carbocycles. The van der Waals surface area contributed by atoms with Gasteiger partial charge in [-0.3, -0.25) is 4.79 Å². The van der Waals surface area contributed by atoms with E-state index in [-0.39, 0.29) is 5.91 Å². The van der Waals surface area contributed by atoms with Gasteiger partial charge in [-0.05, 0) is 24.3 Å². The number of benzene rings is 1. The third-order valence-electron chi connectivity index (χ3n) is 3.32. The maximum Gasteiger partial charge on any atom is 0.259 e. The number of pyridine rings is 1. The van der Waals surface area contributed by atoms with E-state index in [0.29, 0.717) is 17.3 Å². The second kappa shape index (κ2) is 4.45. The summed E-state index contributed by atoms with van der Waals surface area (Å²) in [7, 11) is 0. The van der Waals surface area contributed by atoms with E-state index in [0.717, 1.165) is 16.6 Å². The maximum atomic E-state index is 11.9. The summed E-state index contributed by atoms with van der Waals surface area (Å²) in [6.45, 7) is 0. The number of hydrogen-bond donors (Lipinski definition) is 3. The third-order valence-corrected chi connectivity index (χ3v) is 3.32.